The van der Waals surface area contributed by atoms with Gasteiger partial charge in [0, 0.05) is 11.7 Å². The third-order valence-corrected chi connectivity index (χ3v) is 6.34. The molecule has 0 aliphatic carbocycles. The minimum absolute atomic E-state index is 0.140. The van der Waals surface area contributed by atoms with Crippen LogP contribution in [-0.4, -0.2) is 27.0 Å². The van der Waals surface area contributed by atoms with Gasteiger partial charge in [-0.15, -0.1) is 0 Å². The highest BCUT2D eigenvalue weighted by molar-refractivity contribution is 7.89. The molecular formula is C22H30N2O4S. The number of nitrogens with one attached hydrogen (secondary N) is 2. The van der Waals surface area contributed by atoms with Gasteiger partial charge in [0.2, 0.25) is 10.0 Å². The SMILES string of the molecule is CCc1cccc(CC)c1NC(=O)COc1ccc(S(=O)(=O)N[C@H](C)CC)cc1. The van der Waals surface area contributed by atoms with Gasteiger partial charge in [-0.2, -0.15) is 0 Å². The first kappa shape index (κ1) is 22.9. The lowest BCUT2D eigenvalue weighted by molar-refractivity contribution is -0.118. The van der Waals surface area contributed by atoms with Crippen LogP contribution in [0.2, 0.25) is 0 Å². The molecule has 0 heterocycles. The van der Waals surface area contributed by atoms with Gasteiger partial charge in [-0.3, -0.25) is 4.79 Å². The first-order valence-electron chi connectivity index (χ1n) is 9.96. The molecule has 0 fully saturated rings. The van der Waals surface area contributed by atoms with E-state index in [1.165, 1.54) is 12.1 Å². The number of ether oxygens (including phenoxy) is 1. The molecule has 2 aromatic rings. The number of benzene rings is 2. The van der Waals surface area contributed by atoms with Crippen molar-refractivity contribution < 1.29 is 17.9 Å². The highest BCUT2D eigenvalue weighted by atomic mass is 32.2. The molecule has 0 aliphatic heterocycles. The molecule has 158 valence electrons. The monoisotopic (exact) mass is 418 g/mol. The molecule has 29 heavy (non-hydrogen) atoms. The predicted molar refractivity (Wildman–Crippen MR) is 116 cm³/mol. The number of hydrogen-bond acceptors (Lipinski definition) is 4. The van der Waals surface area contributed by atoms with E-state index in [1.54, 1.807) is 12.1 Å². The summed E-state index contributed by atoms with van der Waals surface area (Å²) in [6.45, 7) is 7.67. The summed E-state index contributed by atoms with van der Waals surface area (Å²) >= 11 is 0. The molecule has 2 aromatic carbocycles. The van der Waals surface area contributed by atoms with E-state index >= 15 is 0 Å². The van der Waals surface area contributed by atoms with Crippen molar-refractivity contribution in [3.8, 4) is 5.75 Å². The molecule has 0 saturated carbocycles. The number of amides is 1. The summed E-state index contributed by atoms with van der Waals surface area (Å²) in [5, 5.41) is 2.95. The van der Waals surface area contributed by atoms with Crippen LogP contribution in [0.1, 0.15) is 45.2 Å². The van der Waals surface area contributed by atoms with Crippen LogP contribution in [0.15, 0.2) is 47.4 Å². The average Bonchev–Trinajstić information content (AvgIpc) is 2.72. The number of anilines is 1. The smallest absolute Gasteiger partial charge is 0.262 e. The molecule has 0 spiro atoms. The lowest BCUT2D eigenvalue weighted by Crippen LogP contribution is -2.31. The molecule has 0 unspecified atom stereocenters. The van der Waals surface area contributed by atoms with Gasteiger partial charge >= 0.3 is 0 Å². The van der Waals surface area contributed by atoms with E-state index in [1.807, 2.05) is 45.9 Å². The van der Waals surface area contributed by atoms with Gasteiger partial charge in [0.05, 0.1) is 4.90 Å². The van der Waals surface area contributed by atoms with Crippen molar-refractivity contribution in [1.29, 1.82) is 0 Å². The van der Waals surface area contributed by atoms with Gasteiger partial charge < -0.3 is 10.1 Å². The van der Waals surface area contributed by atoms with Crippen molar-refractivity contribution in [3.63, 3.8) is 0 Å². The van der Waals surface area contributed by atoms with Gasteiger partial charge in [0.15, 0.2) is 6.61 Å². The molecule has 2 rings (SSSR count). The Hall–Kier alpha value is -2.38. The highest BCUT2D eigenvalue weighted by Gasteiger charge is 2.16. The molecule has 2 N–H and O–H groups in total. The van der Waals surface area contributed by atoms with Crippen molar-refractivity contribution in [2.24, 2.45) is 0 Å². The van der Waals surface area contributed by atoms with E-state index in [0.29, 0.717) is 12.2 Å². The number of hydrogen-bond donors (Lipinski definition) is 2. The molecule has 0 saturated heterocycles. The van der Waals surface area contributed by atoms with Gasteiger partial charge in [-0.05, 0) is 61.6 Å². The zero-order chi connectivity index (χ0) is 21.4. The maximum atomic E-state index is 12.4. The van der Waals surface area contributed by atoms with Crippen LogP contribution in [0.25, 0.3) is 0 Å². The fourth-order valence-electron chi connectivity index (χ4n) is 2.86. The minimum Gasteiger partial charge on any atom is -0.484 e. The summed E-state index contributed by atoms with van der Waals surface area (Å²) in [5.41, 5.74) is 3.02. The fraction of sp³-hybridized carbons (Fsp3) is 0.409. The second-order valence-electron chi connectivity index (χ2n) is 6.90. The summed E-state index contributed by atoms with van der Waals surface area (Å²) in [6, 6.07) is 11.9. The quantitative estimate of drug-likeness (QED) is 0.613. The molecular weight excluding hydrogens is 388 g/mol. The zero-order valence-electron chi connectivity index (χ0n) is 17.5. The standard InChI is InChI=1S/C22H30N2O4S/c1-5-16(4)24-29(26,27)20-13-11-19(12-14-20)28-15-21(25)23-22-17(6-2)9-8-10-18(22)7-3/h8-14,16,24H,5-7,15H2,1-4H3,(H,23,25)/t16-/m1/s1. The van der Waals surface area contributed by atoms with Crippen molar-refractivity contribution in [2.45, 2.75) is 57.9 Å². The van der Waals surface area contributed by atoms with E-state index < -0.39 is 10.0 Å². The Morgan fingerprint density at radius 2 is 1.59 bits per heavy atom. The van der Waals surface area contributed by atoms with Crippen LogP contribution in [0, 0.1) is 0 Å². The molecule has 0 aromatic heterocycles. The molecule has 0 bridgehead atoms. The Balaban J connectivity index is 2.00. The Kier molecular flexibility index (Phi) is 8.22. The fourth-order valence-corrected chi connectivity index (χ4v) is 4.19. The van der Waals surface area contributed by atoms with Crippen molar-refractivity contribution in [1.82, 2.24) is 4.72 Å². The number of aryl methyl sites for hydroxylation is 2. The third kappa shape index (κ3) is 6.30. The van der Waals surface area contributed by atoms with Gasteiger partial charge in [-0.1, -0.05) is 39.0 Å². The second-order valence-corrected chi connectivity index (χ2v) is 8.61. The molecule has 1 amide bonds. The first-order chi connectivity index (χ1) is 13.8. The number of carbonyl (C=O) groups is 1. The summed E-state index contributed by atoms with van der Waals surface area (Å²) in [6.07, 6.45) is 2.35. The summed E-state index contributed by atoms with van der Waals surface area (Å²) < 4.78 is 32.7. The second kappa shape index (κ2) is 10.4. The molecule has 6 nitrogen and oxygen atoms in total. The molecule has 0 aliphatic rings. The lowest BCUT2D eigenvalue weighted by Gasteiger charge is -2.15. The van der Waals surface area contributed by atoms with Crippen LogP contribution >= 0.6 is 0 Å². The number of rotatable bonds is 10. The van der Waals surface area contributed by atoms with Crippen molar-refractivity contribution in [3.05, 3.63) is 53.6 Å². The highest BCUT2D eigenvalue weighted by Crippen LogP contribution is 2.23. The Bertz CT molecular complexity index is 902. The van der Waals surface area contributed by atoms with Crippen LogP contribution in [0.5, 0.6) is 5.75 Å². The number of para-hydroxylation sites is 1. The van der Waals surface area contributed by atoms with Crippen molar-refractivity contribution in [2.75, 3.05) is 11.9 Å². The van der Waals surface area contributed by atoms with E-state index in [-0.39, 0.29) is 23.5 Å². The Morgan fingerprint density at radius 1 is 1.00 bits per heavy atom. The molecule has 1 atom stereocenters. The van der Waals surface area contributed by atoms with Crippen LogP contribution in [0.3, 0.4) is 0 Å². The third-order valence-electron chi connectivity index (χ3n) is 4.74. The number of carbonyl (C=O) groups excluding carboxylic acids is 1. The number of sulfonamides is 1. The van der Waals surface area contributed by atoms with E-state index in [4.69, 9.17) is 4.74 Å². The van der Waals surface area contributed by atoms with Crippen molar-refractivity contribution >= 4 is 21.6 Å². The summed E-state index contributed by atoms with van der Waals surface area (Å²) in [5.74, 6) is 0.179. The van der Waals surface area contributed by atoms with Crippen LogP contribution in [-0.2, 0) is 27.7 Å². The molecule has 0 radical (unpaired) electrons. The van der Waals surface area contributed by atoms with Gasteiger partial charge in [-0.25, -0.2) is 13.1 Å². The maximum absolute atomic E-state index is 12.4. The predicted octanol–water partition coefficient (Wildman–Crippen LogP) is 3.91. The average molecular weight is 419 g/mol. The summed E-state index contributed by atoms with van der Waals surface area (Å²) in [4.78, 5) is 12.5. The molecule has 7 heteroatoms. The first-order valence-corrected chi connectivity index (χ1v) is 11.4. The van der Waals surface area contributed by atoms with Crippen LogP contribution < -0.4 is 14.8 Å². The lowest BCUT2D eigenvalue weighted by atomic mass is 10.0. The maximum Gasteiger partial charge on any atom is 0.262 e. The zero-order valence-corrected chi connectivity index (χ0v) is 18.3. The van der Waals surface area contributed by atoms with Gasteiger partial charge in [0.1, 0.15) is 5.75 Å². The van der Waals surface area contributed by atoms with E-state index in [9.17, 15) is 13.2 Å². The minimum atomic E-state index is -3.56. The van der Waals surface area contributed by atoms with E-state index in [0.717, 1.165) is 29.7 Å². The summed E-state index contributed by atoms with van der Waals surface area (Å²) in [7, 11) is -3.56. The van der Waals surface area contributed by atoms with Gasteiger partial charge in [0.25, 0.3) is 5.91 Å². The normalized spacial score (nSPS) is 12.4. The van der Waals surface area contributed by atoms with E-state index in [2.05, 4.69) is 10.0 Å². The topological polar surface area (TPSA) is 84.5 Å². The Morgan fingerprint density at radius 3 is 2.10 bits per heavy atom. The Labute approximate surface area is 173 Å². The van der Waals surface area contributed by atoms with Crippen LogP contribution in [0.4, 0.5) is 5.69 Å². The largest absolute Gasteiger partial charge is 0.484 e.